The zero-order chi connectivity index (χ0) is 16.2. The van der Waals surface area contributed by atoms with Crippen LogP contribution in [0.4, 0.5) is 0 Å². The van der Waals surface area contributed by atoms with Gasteiger partial charge in [0.1, 0.15) is 0 Å². The number of amides is 1. The van der Waals surface area contributed by atoms with Crippen molar-refractivity contribution in [3.63, 3.8) is 0 Å². The van der Waals surface area contributed by atoms with Crippen LogP contribution in [0.15, 0.2) is 33.5 Å². The highest BCUT2D eigenvalue weighted by molar-refractivity contribution is 5.76. The van der Waals surface area contributed by atoms with Crippen molar-refractivity contribution >= 4 is 17.0 Å². The SMILES string of the molecule is C[C@@H](NC(=O)CCCn1c(=O)oc2ccccc21)[C@@H]1CCCO1. The number of aromatic nitrogens is 1. The Labute approximate surface area is 134 Å². The van der Waals surface area contributed by atoms with Crippen LogP contribution in [-0.2, 0) is 16.1 Å². The highest BCUT2D eigenvalue weighted by atomic mass is 16.5. The molecule has 6 heteroatoms. The Morgan fingerprint density at radius 3 is 3.04 bits per heavy atom. The van der Waals surface area contributed by atoms with Crippen LogP contribution in [-0.4, -0.2) is 29.2 Å². The Balaban J connectivity index is 1.51. The van der Waals surface area contributed by atoms with Gasteiger partial charge in [0.15, 0.2) is 5.58 Å². The van der Waals surface area contributed by atoms with Gasteiger partial charge in [-0.25, -0.2) is 4.79 Å². The van der Waals surface area contributed by atoms with E-state index >= 15 is 0 Å². The first kappa shape index (κ1) is 15.8. The molecule has 124 valence electrons. The van der Waals surface area contributed by atoms with Gasteiger partial charge in [-0.05, 0) is 38.3 Å². The Morgan fingerprint density at radius 1 is 1.43 bits per heavy atom. The maximum atomic E-state index is 12.0. The topological polar surface area (TPSA) is 73.5 Å². The molecule has 1 aromatic carbocycles. The third-order valence-electron chi connectivity index (χ3n) is 4.27. The Kier molecular flexibility index (Phi) is 4.81. The van der Waals surface area contributed by atoms with Crippen molar-refractivity contribution in [3.05, 3.63) is 34.8 Å². The molecule has 1 aromatic heterocycles. The van der Waals surface area contributed by atoms with Gasteiger partial charge in [-0.15, -0.1) is 0 Å². The molecule has 0 unspecified atom stereocenters. The minimum atomic E-state index is -0.376. The molecule has 1 aliphatic heterocycles. The number of carbonyl (C=O) groups is 1. The van der Waals surface area contributed by atoms with Crippen molar-refractivity contribution in [1.82, 2.24) is 9.88 Å². The molecule has 1 aliphatic rings. The molecule has 0 bridgehead atoms. The Hall–Kier alpha value is -2.08. The molecule has 0 aliphatic carbocycles. The molecule has 0 radical (unpaired) electrons. The van der Waals surface area contributed by atoms with E-state index in [1.807, 2.05) is 25.1 Å². The number of carbonyl (C=O) groups excluding carboxylic acids is 1. The molecule has 1 saturated heterocycles. The summed E-state index contributed by atoms with van der Waals surface area (Å²) in [5.74, 6) is -0.381. The number of para-hydroxylation sites is 2. The second-order valence-electron chi connectivity index (χ2n) is 6.00. The lowest BCUT2D eigenvalue weighted by Crippen LogP contribution is -2.40. The summed E-state index contributed by atoms with van der Waals surface area (Å²) < 4.78 is 12.3. The van der Waals surface area contributed by atoms with Crippen molar-refractivity contribution < 1.29 is 13.9 Å². The lowest BCUT2D eigenvalue weighted by molar-refractivity contribution is -0.122. The number of oxazole rings is 1. The lowest BCUT2D eigenvalue weighted by atomic mass is 10.1. The minimum Gasteiger partial charge on any atom is -0.408 e. The number of ether oxygens (including phenoxy) is 1. The van der Waals surface area contributed by atoms with Crippen LogP contribution in [0, 0.1) is 0 Å². The third kappa shape index (κ3) is 3.64. The molecule has 2 aromatic rings. The molecule has 1 amide bonds. The fraction of sp³-hybridized carbons (Fsp3) is 0.529. The summed E-state index contributed by atoms with van der Waals surface area (Å²) in [6.45, 7) is 3.22. The molecule has 1 N–H and O–H groups in total. The van der Waals surface area contributed by atoms with Gasteiger partial charge >= 0.3 is 5.76 Å². The van der Waals surface area contributed by atoms with E-state index in [9.17, 15) is 9.59 Å². The van der Waals surface area contributed by atoms with Gasteiger partial charge < -0.3 is 14.5 Å². The first-order chi connectivity index (χ1) is 11.1. The average molecular weight is 318 g/mol. The zero-order valence-corrected chi connectivity index (χ0v) is 13.3. The molecule has 2 heterocycles. The number of benzene rings is 1. The van der Waals surface area contributed by atoms with Crippen LogP contribution >= 0.6 is 0 Å². The smallest absolute Gasteiger partial charge is 0.408 e. The van der Waals surface area contributed by atoms with E-state index in [1.165, 1.54) is 0 Å². The quantitative estimate of drug-likeness (QED) is 0.885. The maximum absolute atomic E-state index is 12.0. The predicted molar refractivity (Wildman–Crippen MR) is 86.3 cm³/mol. The number of hydrogen-bond donors (Lipinski definition) is 1. The molecule has 6 nitrogen and oxygen atoms in total. The van der Waals surface area contributed by atoms with E-state index in [1.54, 1.807) is 10.6 Å². The zero-order valence-electron chi connectivity index (χ0n) is 13.3. The monoisotopic (exact) mass is 318 g/mol. The summed E-state index contributed by atoms with van der Waals surface area (Å²) in [5.41, 5.74) is 1.35. The van der Waals surface area contributed by atoms with Crippen molar-refractivity contribution in [2.24, 2.45) is 0 Å². The van der Waals surface area contributed by atoms with E-state index in [2.05, 4.69) is 5.32 Å². The van der Waals surface area contributed by atoms with Crippen LogP contribution in [0.5, 0.6) is 0 Å². The molecular weight excluding hydrogens is 296 g/mol. The van der Waals surface area contributed by atoms with E-state index in [0.29, 0.717) is 25.0 Å². The molecule has 0 spiro atoms. The lowest BCUT2D eigenvalue weighted by Gasteiger charge is -2.19. The number of aryl methyl sites for hydroxylation is 1. The third-order valence-corrected chi connectivity index (χ3v) is 4.27. The van der Waals surface area contributed by atoms with Crippen LogP contribution in [0.3, 0.4) is 0 Å². The summed E-state index contributed by atoms with van der Waals surface area (Å²) in [6, 6.07) is 7.34. The van der Waals surface area contributed by atoms with Crippen LogP contribution in [0.2, 0.25) is 0 Å². The van der Waals surface area contributed by atoms with Crippen LogP contribution < -0.4 is 11.1 Å². The van der Waals surface area contributed by atoms with Gasteiger partial charge in [-0.2, -0.15) is 0 Å². The predicted octanol–water partition coefficient (Wildman–Crippen LogP) is 2.06. The van der Waals surface area contributed by atoms with Gasteiger partial charge in [-0.3, -0.25) is 9.36 Å². The minimum absolute atomic E-state index is 0.00569. The summed E-state index contributed by atoms with van der Waals surface area (Å²) in [7, 11) is 0. The second kappa shape index (κ2) is 7.00. The van der Waals surface area contributed by atoms with Crippen molar-refractivity contribution in [2.45, 2.75) is 51.3 Å². The van der Waals surface area contributed by atoms with E-state index in [4.69, 9.17) is 9.15 Å². The standard InChI is InChI=1S/C17H22N2O4/c1-12(14-8-5-11-22-14)18-16(20)9-4-10-19-13-6-2-3-7-15(13)23-17(19)21/h2-3,6-7,12,14H,4-5,8-11H2,1H3,(H,18,20)/t12-,14+/m1/s1. The Morgan fingerprint density at radius 2 is 2.26 bits per heavy atom. The summed E-state index contributed by atoms with van der Waals surface area (Å²) >= 11 is 0. The first-order valence-corrected chi connectivity index (χ1v) is 8.14. The Bertz CT molecular complexity index is 728. The average Bonchev–Trinajstić information content (AvgIpc) is 3.16. The van der Waals surface area contributed by atoms with Gasteiger partial charge in [0.25, 0.3) is 0 Å². The highest BCUT2D eigenvalue weighted by Crippen LogP contribution is 2.16. The second-order valence-corrected chi connectivity index (χ2v) is 6.00. The van der Waals surface area contributed by atoms with E-state index < -0.39 is 0 Å². The molecule has 0 saturated carbocycles. The molecule has 2 atom stereocenters. The number of hydrogen-bond acceptors (Lipinski definition) is 4. The van der Waals surface area contributed by atoms with Gasteiger partial charge in [0.05, 0.1) is 17.7 Å². The van der Waals surface area contributed by atoms with Crippen LogP contribution in [0.1, 0.15) is 32.6 Å². The fourth-order valence-electron chi connectivity index (χ4n) is 3.04. The van der Waals surface area contributed by atoms with Gasteiger partial charge in [0.2, 0.25) is 5.91 Å². The van der Waals surface area contributed by atoms with Crippen molar-refractivity contribution in [3.8, 4) is 0 Å². The molecule has 1 fully saturated rings. The van der Waals surface area contributed by atoms with Gasteiger partial charge in [-0.1, -0.05) is 12.1 Å². The molecule has 23 heavy (non-hydrogen) atoms. The van der Waals surface area contributed by atoms with Gasteiger partial charge in [0, 0.05) is 19.6 Å². The molecular formula is C17H22N2O4. The number of nitrogens with one attached hydrogen (secondary N) is 1. The fourth-order valence-corrected chi connectivity index (χ4v) is 3.04. The van der Waals surface area contributed by atoms with Crippen molar-refractivity contribution in [2.75, 3.05) is 6.61 Å². The normalized spacial score (nSPS) is 19.1. The summed E-state index contributed by atoms with van der Waals surface area (Å²) in [4.78, 5) is 23.9. The first-order valence-electron chi connectivity index (χ1n) is 8.14. The summed E-state index contributed by atoms with van der Waals surface area (Å²) in [6.07, 6.45) is 3.15. The van der Waals surface area contributed by atoms with E-state index in [-0.39, 0.29) is 23.8 Å². The van der Waals surface area contributed by atoms with E-state index in [0.717, 1.165) is 25.0 Å². The number of fused-ring (bicyclic) bond motifs is 1. The summed E-state index contributed by atoms with van der Waals surface area (Å²) in [5, 5.41) is 2.98. The molecule has 3 rings (SSSR count). The largest absolute Gasteiger partial charge is 0.419 e. The number of rotatable bonds is 6. The maximum Gasteiger partial charge on any atom is 0.419 e. The van der Waals surface area contributed by atoms with Crippen LogP contribution in [0.25, 0.3) is 11.1 Å². The van der Waals surface area contributed by atoms with Crippen molar-refractivity contribution in [1.29, 1.82) is 0 Å². The number of nitrogens with zero attached hydrogens (tertiary/aromatic N) is 1. The highest BCUT2D eigenvalue weighted by Gasteiger charge is 2.23.